The zero-order valence-electron chi connectivity index (χ0n) is 10.1. The molecule has 1 aromatic heterocycles. The number of rotatable bonds is 2. The summed E-state index contributed by atoms with van der Waals surface area (Å²) in [5.41, 5.74) is 3.94. The van der Waals surface area contributed by atoms with Crippen molar-refractivity contribution in [1.82, 2.24) is 9.97 Å². The fourth-order valence-electron chi connectivity index (χ4n) is 1.67. The fraction of sp³-hybridized carbons (Fsp3) is 0.231. The predicted molar refractivity (Wildman–Crippen MR) is 71.0 cm³/mol. The van der Waals surface area contributed by atoms with Gasteiger partial charge in [0.15, 0.2) is 0 Å². The molecule has 1 aromatic carbocycles. The number of aromatic nitrogens is 2. The van der Waals surface area contributed by atoms with Crippen molar-refractivity contribution in [2.45, 2.75) is 20.8 Å². The van der Waals surface area contributed by atoms with Crippen LogP contribution in [0.4, 0.5) is 11.6 Å². The molecule has 2 rings (SSSR count). The van der Waals surface area contributed by atoms with E-state index in [9.17, 15) is 0 Å². The molecule has 0 aliphatic heterocycles. The normalized spacial score (nSPS) is 10.4. The molecule has 0 aliphatic rings. The Morgan fingerprint density at radius 2 is 1.65 bits per heavy atom. The Kier molecular flexibility index (Phi) is 3.29. The van der Waals surface area contributed by atoms with Crippen LogP contribution in [0.1, 0.15) is 17.0 Å². The van der Waals surface area contributed by atoms with Crippen molar-refractivity contribution in [2.75, 3.05) is 5.32 Å². The van der Waals surface area contributed by atoms with Gasteiger partial charge in [0.05, 0.1) is 0 Å². The van der Waals surface area contributed by atoms with Gasteiger partial charge in [-0.3, -0.25) is 0 Å². The van der Waals surface area contributed by atoms with Gasteiger partial charge in [0.1, 0.15) is 0 Å². The Bertz CT molecular complexity index is 532. The molecule has 4 heteroatoms. The smallest absolute Gasteiger partial charge is 0.227 e. The molecule has 0 radical (unpaired) electrons. The van der Waals surface area contributed by atoms with Crippen LogP contribution in [0.25, 0.3) is 0 Å². The Hall–Kier alpha value is -1.61. The minimum atomic E-state index is 0.618. The number of aryl methyl sites for hydroxylation is 3. The topological polar surface area (TPSA) is 37.8 Å². The SMILES string of the molecule is Cc1cc(C)nc(Nc2ccc(Cl)cc2C)n1. The minimum Gasteiger partial charge on any atom is -0.324 e. The van der Waals surface area contributed by atoms with Gasteiger partial charge < -0.3 is 5.32 Å². The lowest BCUT2D eigenvalue weighted by Gasteiger charge is -2.09. The average molecular weight is 248 g/mol. The molecule has 0 atom stereocenters. The molecule has 0 spiro atoms. The van der Waals surface area contributed by atoms with Crippen LogP contribution in [0.2, 0.25) is 5.02 Å². The van der Waals surface area contributed by atoms with E-state index in [2.05, 4.69) is 15.3 Å². The van der Waals surface area contributed by atoms with Crippen LogP contribution < -0.4 is 5.32 Å². The highest BCUT2D eigenvalue weighted by atomic mass is 35.5. The molecule has 0 saturated carbocycles. The molecule has 0 aliphatic carbocycles. The molecule has 0 unspecified atom stereocenters. The first-order chi connectivity index (χ1) is 8.04. The molecule has 0 fully saturated rings. The fourth-order valence-corrected chi connectivity index (χ4v) is 1.90. The van der Waals surface area contributed by atoms with Crippen molar-refractivity contribution in [3.63, 3.8) is 0 Å². The summed E-state index contributed by atoms with van der Waals surface area (Å²) in [4.78, 5) is 8.68. The summed E-state index contributed by atoms with van der Waals surface area (Å²) in [7, 11) is 0. The van der Waals surface area contributed by atoms with Crippen molar-refractivity contribution in [3.05, 3.63) is 46.2 Å². The molecule has 1 N–H and O–H groups in total. The Balaban J connectivity index is 2.31. The Labute approximate surface area is 106 Å². The molecule has 1 heterocycles. The van der Waals surface area contributed by atoms with Gasteiger partial charge in [0.2, 0.25) is 5.95 Å². The molecule has 0 bridgehead atoms. The monoisotopic (exact) mass is 247 g/mol. The first-order valence-corrected chi connectivity index (χ1v) is 5.78. The maximum Gasteiger partial charge on any atom is 0.227 e. The molecular formula is C13H14ClN3. The molecule has 2 aromatic rings. The zero-order chi connectivity index (χ0) is 12.4. The molecule has 17 heavy (non-hydrogen) atoms. The van der Waals surface area contributed by atoms with Crippen molar-refractivity contribution < 1.29 is 0 Å². The molecule has 0 amide bonds. The number of anilines is 2. The van der Waals surface area contributed by atoms with Crippen LogP contribution in [0, 0.1) is 20.8 Å². The van der Waals surface area contributed by atoms with Gasteiger partial charge in [0.25, 0.3) is 0 Å². The highest BCUT2D eigenvalue weighted by Gasteiger charge is 2.03. The quantitative estimate of drug-likeness (QED) is 0.877. The lowest BCUT2D eigenvalue weighted by molar-refractivity contribution is 1.06. The second-order valence-electron chi connectivity index (χ2n) is 4.06. The van der Waals surface area contributed by atoms with Crippen LogP contribution in [0.3, 0.4) is 0 Å². The van der Waals surface area contributed by atoms with E-state index in [1.807, 2.05) is 45.0 Å². The van der Waals surface area contributed by atoms with Gasteiger partial charge in [-0.05, 0) is 50.6 Å². The van der Waals surface area contributed by atoms with Gasteiger partial charge in [-0.2, -0.15) is 0 Å². The number of hydrogen-bond donors (Lipinski definition) is 1. The van der Waals surface area contributed by atoms with Gasteiger partial charge in [-0.25, -0.2) is 9.97 Å². The Morgan fingerprint density at radius 1 is 1.00 bits per heavy atom. The van der Waals surface area contributed by atoms with Gasteiger partial charge in [0, 0.05) is 22.1 Å². The number of benzene rings is 1. The number of nitrogens with zero attached hydrogens (tertiary/aromatic N) is 2. The lowest BCUT2D eigenvalue weighted by atomic mass is 10.2. The molecule has 3 nitrogen and oxygen atoms in total. The standard InChI is InChI=1S/C13H14ClN3/c1-8-6-11(14)4-5-12(8)17-13-15-9(2)7-10(3)16-13/h4-7H,1-3H3,(H,15,16,17). The summed E-state index contributed by atoms with van der Waals surface area (Å²) >= 11 is 5.91. The highest BCUT2D eigenvalue weighted by Crippen LogP contribution is 2.22. The average Bonchev–Trinajstić information content (AvgIpc) is 2.21. The van der Waals surface area contributed by atoms with Crippen LogP contribution >= 0.6 is 11.6 Å². The van der Waals surface area contributed by atoms with E-state index in [1.165, 1.54) is 0 Å². The van der Waals surface area contributed by atoms with Crippen LogP contribution in [-0.2, 0) is 0 Å². The Morgan fingerprint density at radius 3 is 2.24 bits per heavy atom. The van der Waals surface area contributed by atoms with E-state index in [0.29, 0.717) is 5.95 Å². The third-order valence-corrected chi connectivity index (χ3v) is 2.65. The van der Waals surface area contributed by atoms with E-state index < -0.39 is 0 Å². The highest BCUT2D eigenvalue weighted by molar-refractivity contribution is 6.30. The van der Waals surface area contributed by atoms with Crippen molar-refractivity contribution in [3.8, 4) is 0 Å². The van der Waals surface area contributed by atoms with E-state index >= 15 is 0 Å². The maximum atomic E-state index is 5.91. The molecular weight excluding hydrogens is 234 g/mol. The summed E-state index contributed by atoms with van der Waals surface area (Å²) in [6.07, 6.45) is 0. The largest absolute Gasteiger partial charge is 0.324 e. The molecule has 0 saturated heterocycles. The van der Waals surface area contributed by atoms with Gasteiger partial charge >= 0.3 is 0 Å². The van der Waals surface area contributed by atoms with E-state index in [1.54, 1.807) is 0 Å². The lowest BCUT2D eigenvalue weighted by Crippen LogP contribution is -2.01. The second kappa shape index (κ2) is 4.72. The number of halogens is 1. The van der Waals surface area contributed by atoms with E-state index in [0.717, 1.165) is 27.7 Å². The maximum absolute atomic E-state index is 5.91. The summed E-state index contributed by atoms with van der Waals surface area (Å²) < 4.78 is 0. The summed E-state index contributed by atoms with van der Waals surface area (Å²) in [6, 6.07) is 7.63. The third kappa shape index (κ3) is 2.94. The van der Waals surface area contributed by atoms with E-state index in [4.69, 9.17) is 11.6 Å². The first kappa shape index (κ1) is 11.9. The predicted octanol–water partition coefficient (Wildman–Crippen LogP) is 3.80. The van der Waals surface area contributed by atoms with Crippen LogP contribution in [-0.4, -0.2) is 9.97 Å². The van der Waals surface area contributed by atoms with Crippen molar-refractivity contribution in [2.24, 2.45) is 0 Å². The summed E-state index contributed by atoms with van der Waals surface area (Å²) in [5.74, 6) is 0.618. The number of hydrogen-bond acceptors (Lipinski definition) is 3. The van der Waals surface area contributed by atoms with Crippen molar-refractivity contribution >= 4 is 23.2 Å². The second-order valence-corrected chi connectivity index (χ2v) is 4.49. The molecule has 88 valence electrons. The van der Waals surface area contributed by atoms with E-state index in [-0.39, 0.29) is 0 Å². The summed E-state index contributed by atoms with van der Waals surface area (Å²) in [6.45, 7) is 5.90. The zero-order valence-corrected chi connectivity index (χ0v) is 10.8. The third-order valence-electron chi connectivity index (χ3n) is 2.42. The summed E-state index contributed by atoms with van der Waals surface area (Å²) in [5, 5.41) is 3.93. The van der Waals surface area contributed by atoms with Crippen molar-refractivity contribution in [1.29, 1.82) is 0 Å². The minimum absolute atomic E-state index is 0.618. The first-order valence-electron chi connectivity index (χ1n) is 5.40. The van der Waals surface area contributed by atoms with Crippen LogP contribution in [0.15, 0.2) is 24.3 Å². The number of nitrogens with one attached hydrogen (secondary N) is 1. The van der Waals surface area contributed by atoms with Gasteiger partial charge in [-0.1, -0.05) is 11.6 Å². The van der Waals surface area contributed by atoms with Gasteiger partial charge in [-0.15, -0.1) is 0 Å². The van der Waals surface area contributed by atoms with Crippen LogP contribution in [0.5, 0.6) is 0 Å².